The van der Waals surface area contributed by atoms with Gasteiger partial charge in [-0.3, -0.25) is 34.2 Å². The van der Waals surface area contributed by atoms with Crippen LogP contribution in [-0.4, -0.2) is 35.1 Å². The van der Waals surface area contributed by atoms with E-state index in [4.69, 9.17) is 5.10 Å². The van der Waals surface area contributed by atoms with Crippen LogP contribution in [0.4, 0.5) is 22.9 Å². The van der Waals surface area contributed by atoms with Crippen LogP contribution < -0.4 is 16.1 Å². The van der Waals surface area contributed by atoms with Gasteiger partial charge < -0.3 is 4.90 Å². The molecular weight excluding hydrogens is 556 g/mol. The molecule has 0 aliphatic carbocycles. The molecule has 0 spiro atoms. The van der Waals surface area contributed by atoms with Gasteiger partial charge in [0.2, 0.25) is 0 Å². The average molecular weight is 579 g/mol. The van der Waals surface area contributed by atoms with Crippen LogP contribution in [0.25, 0.3) is 16.9 Å². The van der Waals surface area contributed by atoms with Crippen LogP contribution in [0, 0.1) is 20.2 Å². The number of nitro benzene ring substituents is 2. The molecule has 14 heteroatoms. The van der Waals surface area contributed by atoms with Crippen molar-refractivity contribution < 1.29 is 9.85 Å². The van der Waals surface area contributed by atoms with Crippen molar-refractivity contribution in [3.05, 3.63) is 137 Å². The number of para-hydroxylation sites is 1. The molecule has 14 nitrogen and oxygen atoms in total. The van der Waals surface area contributed by atoms with Crippen molar-refractivity contribution in [1.29, 1.82) is 0 Å². The van der Waals surface area contributed by atoms with Crippen LogP contribution >= 0.6 is 0 Å². The molecule has 6 rings (SSSR count). The second-order valence-corrected chi connectivity index (χ2v) is 9.79. The van der Waals surface area contributed by atoms with Crippen molar-refractivity contribution >= 4 is 29.2 Å². The lowest BCUT2D eigenvalue weighted by molar-refractivity contribution is -0.385. The van der Waals surface area contributed by atoms with Gasteiger partial charge in [0.25, 0.3) is 16.9 Å². The van der Waals surface area contributed by atoms with Gasteiger partial charge in [-0.15, -0.1) is 0 Å². The third-order valence-corrected chi connectivity index (χ3v) is 7.27. The van der Waals surface area contributed by atoms with Crippen molar-refractivity contribution in [2.24, 2.45) is 19.1 Å². The molecule has 3 aromatic carbocycles. The van der Waals surface area contributed by atoms with E-state index >= 15 is 0 Å². The number of anilines is 1. The van der Waals surface area contributed by atoms with Crippen LogP contribution in [0.2, 0.25) is 0 Å². The quantitative estimate of drug-likeness (QED) is 0.215. The Morgan fingerprint density at radius 2 is 1.47 bits per heavy atom. The second kappa shape index (κ2) is 10.3. The van der Waals surface area contributed by atoms with Gasteiger partial charge in [-0.25, -0.2) is 14.5 Å². The first-order valence-corrected chi connectivity index (χ1v) is 12.9. The van der Waals surface area contributed by atoms with Crippen LogP contribution in [0.5, 0.6) is 0 Å². The molecule has 5 aromatic rings. The molecule has 3 heterocycles. The fourth-order valence-electron chi connectivity index (χ4n) is 5.13. The fraction of sp³-hybridized carbons (Fsp3) is 0.103. The van der Waals surface area contributed by atoms with E-state index in [0.717, 1.165) is 4.57 Å². The summed E-state index contributed by atoms with van der Waals surface area (Å²) in [5, 5.41) is 27.8. The highest BCUT2D eigenvalue weighted by Crippen LogP contribution is 2.42. The smallest absolute Gasteiger partial charge is 0.320 e. The third kappa shape index (κ3) is 4.56. The molecule has 0 saturated heterocycles. The Kier molecular flexibility index (Phi) is 6.49. The number of nitro groups is 2. The Bertz CT molecular complexity index is 2060. The van der Waals surface area contributed by atoms with Crippen LogP contribution in [0.1, 0.15) is 17.2 Å². The molecule has 214 valence electrons. The molecule has 0 saturated carbocycles. The van der Waals surface area contributed by atoms with E-state index in [0.29, 0.717) is 28.2 Å². The summed E-state index contributed by atoms with van der Waals surface area (Å²) in [6.07, 6.45) is 3.15. The third-order valence-electron chi connectivity index (χ3n) is 7.27. The van der Waals surface area contributed by atoms with E-state index in [1.807, 2.05) is 30.3 Å². The first-order valence-electron chi connectivity index (χ1n) is 12.9. The highest BCUT2D eigenvalue weighted by molar-refractivity contribution is 5.88. The number of hydrogen-bond donors (Lipinski definition) is 0. The minimum absolute atomic E-state index is 0.106. The predicted molar refractivity (Wildman–Crippen MR) is 158 cm³/mol. The molecular formula is C29H22N8O6. The van der Waals surface area contributed by atoms with Gasteiger partial charge in [0.15, 0.2) is 0 Å². The molecule has 43 heavy (non-hydrogen) atoms. The van der Waals surface area contributed by atoms with Gasteiger partial charge in [0, 0.05) is 61.4 Å². The van der Waals surface area contributed by atoms with Crippen LogP contribution in [0.3, 0.4) is 0 Å². The summed E-state index contributed by atoms with van der Waals surface area (Å²) in [6, 6.07) is 20.0. The predicted octanol–water partition coefficient (Wildman–Crippen LogP) is 4.02. The van der Waals surface area contributed by atoms with Crippen molar-refractivity contribution in [2.75, 3.05) is 4.90 Å². The van der Waals surface area contributed by atoms with E-state index in [1.165, 1.54) is 55.3 Å². The molecule has 1 unspecified atom stereocenters. The summed E-state index contributed by atoms with van der Waals surface area (Å²) in [5.74, 6) is 0.127. The standard InChI is InChI=1S/C29H22N8O6/c1-32-27-24(28(38)33(2)29(32)39)26(34(17-30-27)21-9-6-10-22(15-21)37(42)43)23-16-35(19-7-4-3-5-8-19)31-25(23)18-11-13-20(14-12-18)36(40)41/h3-17,26H,1-2H3. The lowest BCUT2D eigenvalue weighted by Gasteiger charge is -2.34. The summed E-state index contributed by atoms with van der Waals surface area (Å²) in [4.78, 5) is 54.7. The normalized spacial score (nSPS) is 14.0. The van der Waals surface area contributed by atoms with Crippen molar-refractivity contribution in [3.8, 4) is 16.9 Å². The Hall–Kier alpha value is -6.18. The van der Waals surface area contributed by atoms with E-state index in [1.54, 1.807) is 34.0 Å². The maximum absolute atomic E-state index is 13.8. The average Bonchev–Trinajstić information content (AvgIpc) is 3.48. The lowest BCUT2D eigenvalue weighted by Crippen LogP contribution is -2.44. The number of non-ortho nitro benzene ring substituents is 2. The molecule has 0 fully saturated rings. The fourth-order valence-corrected chi connectivity index (χ4v) is 5.13. The first-order chi connectivity index (χ1) is 20.7. The Morgan fingerprint density at radius 3 is 2.14 bits per heavy atom. The number of aromatic nitrogens is 4. The number of fused-ring (bicyclic) bond motifs is 1. The highest BCUT2D eigenvalue weighted by Gasteiger charge is 2.36. The molecule has 0 bridgehead atoms. The van der Waals surface area contributed by atoms with Gasteiger partial charge in [-0.2, -0.15) is 5.10 Å². The molecule has 1 aliphatic rings. The number of hydrogen-bond acceptors (Lipinski definition) is 9. The van der Waals surface area contributed by atoms with Crippen LogP contribution in [-0.2, 0) is 14.1 Å². The van der Waals surface area contributed by atoms with Crippen LogP contribution in [0.15, 0.2) is 99.6 Å². The lowest BCUT2D eigenvalue weighted by atomic mass is 9.94. The number of benzene rings is 3. The van der Waals surface area contributed by atoms with Gasteiger partial charge in [-0.05, 0) is 30.3 Å². The summed E-state index contributed by atoms with van der Waals surface area (Å²) < 4.78 is 3.86. The Balaban J connectivity index is 1.67. The topological polar surface area (TPSA) is 164 Å². The second-order valence-electron chi connectivity index (χ2n) is 9.79. The SMILES string of the molecule is Cn1c2c(c(=O)n(C)c1=O)C(c1cn(-c3ccccc3)nc1-c1ccc([N+](=O)[O-])cc1)N(c1cccc([N+](=O)[O-])c1)C=N2. The maximum Gasteiger partial charge on any atom is 0.332 e. The molecule has 1 aliphatic heterocycles. The number of aliphatic imine (C=N–C) groups is 1. The van der Waals surface area contributed by atoms with Gasteiger partial charge in [-0.1, -0.05) is 24.3 Å². The van der Waals surface area contributed by atoms with E-state index in [2.05, 4.69) is 4.99 Å². The molecule has 2 aromatic heterocycles. The van der Waals surface area contributed by atoms with Crippen molar-refractivity contribution in [2.45, 2.75) is 6.04 Å². The van der Waals surface area contributed by atoms with Gasteiger partial charge in [0.05, 0.1) is 39.2 Å². The minimum Gasteiger partial charge on any atom is -0.320 e. The van der Waals surface area contributed by atoms with Crippen molar-refractivity contribution in [1.82, 2.24) is 18.9 Å². The summed E-state index contributed by atoms with van der Waals surface area (Å²) in [6.45, 7) is 0. The summed E-state index contributed by atoms with van der Waals surface area (Å²) in [7, 11) is 2.87. The molecule has 0 radical (unpaired) electrons. The van der Waals surface area contributed by atoms with Crippen molar-refractivity contribution in [3.63, 3.8) is 0 Å². The van der Waals surface area contributed by atoms with E-state index in [9.17, 15) is 29.8 Å². The minimum atomic E-state index is -0.956. The van der Waals surface area contributed by atoms with E-state index in [-0.39, 0.29) is 22.8 Å². The molecule has 1 atom stereocenters. The zero-order chi connectivity index (χ0) is 30.4. The maximum atomic E-state index is 13.8. The number of nitrogens with zero attached hydrogens (tertiary/aromatic N) is 8. The van der Waals surface area contributed by atoms with Gasteiger partial charge in [0.1, 0.15) is 5.82 Å². The Morgan fingerprint density at radius 1 is 0.791 bits per heavy atom. The summed E-state index contributed by atoms with van der Waals surface area (Å²) in [5.41, 5.74) is 1.20. The summed E-state index contributed by atoms with van der Waals surface area (Å²) >= 11 is 0. The molecule has 0 amide bonds. The highest BCUT2D eigenvalue weighted by atomic mass is 16.6. The van der Waals surface area contributed by atoms with Gasteiger partial charge >= 0.3 is 5.69 Å². The number of rotatable bonds is 6. The zero-order valence-electron chi connectivity index (χ0n) is 22.8. The van der Waals surface area contributed by atoms with E-state index < -0.39 is 27.1 Å². The largest absolute Gasteiger partial charge is 0.332 e. The monoisotopic (exact) mass is 578 g/mol. The molecule has 0 N–H and O–H groups in total. The zero-order valence-corrected chi connectivity index (χ0v) is 22.8. The first kappa shape index (κ1) is 27.0. The Labute approximate surface area is 242 Å².